The summed E-state index contributed by atoms with van der Waals surface area (Å²) in [5.41, 5.74) is 6.51. The van der Waals surface area contributed by atoms with Crippen molar-refractivity contribution in [2.75, 3.05) is 0 Å². The van der Waals surface area contributed by atoms with E-state index in [1.54, 1.807) is 24.3 Å². The van der Waals surface area contributed by atoms with E-state index in [9.17, 15) is 0 Å². The van der Waals surface area contributed by atoms with E-state index >= 15 is 0 Å². The molecule has 1 aromatic carbocycles. The maximum absolute atomic E-state index is 9.07. The summed E-state index contributed by atoms with van der Waals surface area (Å²) in [5.74, 6) is 0.236. The quantitative estimate of drug-likeness (QED) is 0.627. The molecule has 0 aliphatic carbocycles. The van der Waals surface area contributed by atoms with Gasteiger partial charge in [0.25, 0.3) is 0 Å². The summed E-state index contributed by atoms with van der Waals surface area (Å²) in [6.07, 6.45) is 1.63. The highest BCUT2D eigenvalue weighted by molar-refractivity contribution is 5.30. The SMILES string of the molecule is C=C[C@H](N)c1cccc(O)c1. The molecule has 0 saturated carbocycles. The second-order valence-corrected chi connectivity index (χ2v) is 2.36. The summed E-state index contributed by atoms with van der Waals surface area (Å²) in [6.45, 7) is 3.56. The second-order valence-electron chi connectivity index (χ2n) is 2.36. The molecule has 3 N–H and O–H groups in total. The molecular formula is C9H11NO. The molecule has 0 unspecified atom stereocenters. The van der Waals surface area contributed by atoms with E-state index in [4.69, 9.17) is 10.8 Å². The van der Waals surface area contributed by atoms with Crippen LogP contribution in [0.1, 0.15) is 11.6 Å². The number of hydrogen-bond donors (Lipinski definition) is 2. The van der Waals surface area contributed by atoms with Gasteiger partial charge in [-0.3, -0.25) is 0 Å². The number of nitrogens with two attached hydrogens (primary N) is 1. The maximum Gasteiger partial charge on any atom is 0.115 e. The Kier molecular flexibility index (Phi) is 2.28. The largest absolute Gasteiger partial charge is 0.508 e. The molecule has 1 aromatic rings. The molecule has 0 radical (unpaired) electrons. The predicted molar refractivity (Wildman–Crippen MR) is 45.2 cm³/mol. The van der Waals surface area contributed by atoms with Crippen LogP contribution in [0.4, 0.5) is 0 Å². The van der Waals surface area contributed by atoms with Gasteiger partial charge in [0.15, 0.2) is 0 Å². The lowest BCUT2D eigenvalue weighted by Gasteiger charge is -2.05. The van der Waals surface area contributed by atoms with Crippen LogP contribution in [0, 0.1) is 0 Å². The average Bonchev–Trinajstić information content (AvgIpc) is 2.03. The summed E-state index contributed by atoms with van der Waals surface area (Å²) < 4.78 is 0. The Morgan fingerprint density at radius 1 is 1.55 bits per heavy atom. The lowest BCUT2D eigenvalue weighted by Crippen LogP contribution is -2.05. The molecule has 1 atom stereocenters. The standard InChI is InChI=1S/C9H11NO/c1-2-9(10)7-4-3-5-8(11)6-7/h2-6,9,11H,1,10H2/t9-/m0/s1. The lowest BCUT2D eigenvalue weighted by molar-refractivity contribution is 0.474. The van der Waals surface area contributed by atoms with Crippen LogP contribution in [0.2, 0.25) is 0 Å². The van der Waals surface area contributed by atoms with E-state index in [1.807, 2.05) is 6.07 Å². The fraction of sp³-hybridized carbons (Fsp3) is 0.111. The Morgan fingerprint density at radius 3 is 2.82 bits per heavy atom. The summed E-state index contributed by atoms with van der Waals surface area (Å²) in [7, 11) is 0. The molecule has 0 aliphatic heterocycles. The Bertz CT molecular complexity index is 257. The molecule has 0 saturated heterocycles. The van der Waals surface area contributed by atoms with Gasteiger partial charge >= 0.3 is 0 Å². The van der Waals surface area contributed by atoms with Crippen molar-refractivity contribution in [3.8, 4) is 5.75 Å². The zero-order valence-electron chi connectivity index (χ0n) is 6.20. The van der Waals surface area contributed by atoms with Crippen LogP contribution >= 0.6 is 0 Å². The highest BCUT2D eigenvalue weighted by Crippen LogP contribution is 2.16. The summed E-state index contributed by atoms with van der Waals surface area (Å²) in [5, 5.41) is 9.07. The van der Waals surface area contributed by atoms with Gasteiger partial charge in [0, 0.05) is 6.04 Å². The van der Waals surface area contributed by atoms with Gasteiger partial charge in [0.2, 0.25) is 0 Å². The lowest BCUT2D eigenvalue weighted by atomic mass is 10.1. The molecule has 2 nitrogen and oxygen atoms in total. The van der Waals surface area contributed by atoms with Crippen LogP contribution in [0.25, 0.3) is 0 Å². The second kappa shape index (κ2) is 3.21. The van der Waals surface area contributed by atoms with Gasteiger partial charge in [-0.15, -0.1) is 6.58 Å². The van der Waals surface area contributed by atoms with Crippen LogP contribution < -0.4 is 5.73 Å². The van der Waals surface area contributed by atoms with Gasteiger partial charge in [0.1, 0.15) is 5.75 Å². The van der Waals surface area contributed by atoms with Gasteiger partial charge in [-0.05, 0) is 17.7 Å². The number of phenols is 1. The number of benzene rings is 1. The third-order valence-corrected chi connectivity index (χ3v) is 1.51. The first-order valence-corrected chi connectivity index (χ1v) is 3.41. The molecule has 0 aliphatic rings. The minimum atomic E-state index is -0.193. The first-order chi connectivity index (χ1) is 5.24. The molecule has 11 heavy (non-hydrogen) atoms. The number of phenolic OH excluding ortho intramolecular Hbond substituents is 1. The van der Waals surface area contributed by atoms with Gasteiger partial charge in [0.05, 0.1) is 0 Å². The average molecular weight is 149 g/mol. The van der Waals surface area contributed by atoms with Crippen LogP contribution in [-0.4, -0.2) is 5.11 Å². The smallest absolute Gasteiger partial charge is 0.115 e. The zero-order chi connectivity index (χ0) is 8.27. The van der Waals surface area contributed by atoms with E-state index in [0.717, 1.165) is 5.56 Å². The molecule has 0 spiro atoms. The Balaban J connectivity index is 2.95. The van der Waals surface area contributed by atoms with Crippen molar-refractivity contribution < 1.29 is 5.11 Å². The Morgan fingerprint density at radius 2 is 2.27 bits per heavy atom. The third kappa shape index (κ3) is 1.82. The van der Waals surface area contributed by atoms with Crippen LogP contribution in [-0.2, 0) is 0 Å². The fourth-order valence-electron chi connectivity index (χ4n) is 0.868. The van der Waals surface area contributed by atoms with Gasteiger partial charge in [-0.25, -0.2) is 0 Å². The maximum atomic E-state index is 9.07. The van der Waals surface area contributed by atoms with Crippen molar-refractivity contribution in [3.63, 3.8) is 0 Å². The molecule has 0 fully saturated rings. The van der Waals surface area contributed by atoms with Crippen molar-refractivity contribution in [2.24, 2.45) is 5.73 Å². The Hall–Kier alpha value is -1.28. The van der Waals surface area contributed by atoms with Crippen LogP contribution in [0.15, 0.2) is 36.9 Å². The number of rotatable bonds is 2. The van der Waals surface area contributed by atoms with Crippen molar-refractivity contribution >= 4 is 0 Å². The first kappa shape index (κ1) is 7.82. The monoisotopic (exact) mass is 149 g/mol. The molecule has 58 valence electrons. The van der Waals surface area contributed by atoms with Crippen molar-refractivity contribution in [1.29, 1.82) is 0 Å². The molecule has 0 bridgehead atoms. The number of hydrogen-bond acceptors (Lipinski definition) is 2. The minimum Gasteiger partial charge on any atom is -0.508 e. The third-order valence-electron chi connectivity index (χ3n) is 1.51. The predicted octanol–water partition coefficient (Wildman–Crippen LogP) is 1.58. The molecule has 1 rings (SSSR count). The van der Waals surface area contributed by atoms with Gasteiger partial charge in [-0.1, -0.05) is 18.2 Å². The molecule has 0 heterocycles. The van der Waals surface area contributed by atoms with Crippen LogP contribution in [0.3, 0.4) is 0 Å². The molecule has 0 aromatic heterocycles. The van der Waals surface area contributed by atoms with E-state index < -0.39 is 0 Å². The normalized spacial score (nSPS) is 12.5. The minimum absolute atomic E-state index is 0.193. The van der Waals surface area contributed by atoms with E-state index in [0.29, 0.717) is 0 Å². The highest BCUT2D eigenvalue weighted by atomic mass is 16.3. The summed E-state index contributed by atoms with van der Waals surface area (Å²) in [4.78, 5) is 0. The highest BCUT2D eigenvalue weighted by Gasteiger charge is 1.99. The van der Waals surface area contributed by atoms with Crippen molar-refractivity contribution in [3.05, 3.63) is 42.5 Å². The summed E-state index contributed by atoms with van der Waals surface area (Å²) in [6, 6.07) is 6.66. The zero-order valence-corrected chi connectivity index (χ0v) is 6.20. The van der Waals surface area contributed by atoms with Crippen molar-refractivity contribution in [1.82, 2.24) is 0 Å². The molecular weight excluding hydrogens is 138 g/mol. The molecule has 0 amide bonds. The van der Waals surface area contributed by atoms with Gasteiger partial charge < -0.3 is 10.8 Å². The molecule has 2 heteroatoms. The van der Waals surface area contributed by atoms with Crippen molar-refractivity contribution in [2.45, 2.75) is 6.04 Å². The summed E-state index contributed by atoms with van der Waals surface area (Å²) >= 11 is 0. The van der Waals surface area contributed by atoms with Crippen LogP contribution in [0.5, 0.6) is 5.75 Å². The van der Waals surface area contributed by atoms with Gasteiger partial charge in [-0.2, -0.15) is 0 Å². The Labute approximate surface area is 66.0 Å². The van der Waals surface area contributed by atoms with E-state index in [2.05, 4.69) is 6.58 Å². The number of aromatic hydroxyl groups is 1. The fourth-order valence-corrected chi connectivity index (χ4v) is 0.868. The van der Waals surface area contributed by atoms with E-state index in [1.165, 1.54) is 0 Å². The van der Waals surface area contributed by atoms with E-state index in [-0.39, 0.29) is 11.8 Å². The first-order valence-electron chi connectivity index (χ1n) is 3.41. The topological polar surface area (TPSA) is 46.2 Å².